The second-order valence-electron chi connectivity index (χ2n) is 9.32. The molecule has 3 heterocycles. The van der Waals surface area contributed by atoms with Gasteiger partial charge in [0.15, 0.2) is 0 Å². The van der Waals surface area contributed by atoms with E-state index in [1.807, 2.05) is 25.1 Å². The van der Waals surface area contributed by atoms with E-state index >= 15 is 0 Å². The van der Waals surface area contributed by atoms with Crippen molar-refractivity contribution in [1.82, 2.24) is 0 Å². The molecule has 31 heavy (non-hydrogen) atoms. The molecule has 3 aliphatic rings. The molecule has 0 radical (unpaired) electrons. The fraction of sp³-hybridized carbons (Fsp3) is 0.407. The third-order valence-electron chi connectivity index (χ3n) is 6.74. The summed E-state index contributed by atoms with van der Waals surface area (Å²) in [5.74, 6) is 1.96. The zero-order valence-electron chi connectivity index (χ0n) is 18.8. The van der Waals surface area contributed by atoms with Crippen LogP contribution in [0.5, 0.6) is 0 Å². The van der Waals surface area contributed by atoms with Gasteiger partial charge in [0, 0.05) is 30.8 Å². The molecule has 0 unspecified atom stereocenters. The first-order valence-corrected chi connectivity index (χ1v) is 11.1. The summed E-state index contributed by atoms with van der Waals surface area (Å²) < 4.78 is 5.96. The van der Waals surface area contributed by atoms with Gasteiger partial charge in [0.25, 0.3) is 0 Å². The minimum atomic E-state index is 0.106. The number of benzene rings is 1. The van der Waals surface area contributed by atoms with Crippen LogP contribution in [0.4, 0.5) is 5.69 Å². The number of anilines is 1. The van der Waals surface area contributed by atoms with Crippen LogP contribution >= 0.6 is 0 Å². The number of allylic oxidation sites excluding steroid dienone is 6. The zero-order chi connectivity index (χ0) is 22.2. The zero-order valence-corrected chi connectivity index (χ0v) is 18.8. The molecule has 0 N–H and O–H groups in total. The number of nitrogens with zero attached hydrogens (tertiary/aromatic N) is 3. The van der Waals surface area contributed by atoms with Crippen molar-refractivity contribution in [3.8, 4) is 12.1 Å². The highest BCUT2D eigenvalue weighted by atomic mass is 16.5. The van der Waals surface area contributed by atoms with Gasteiger partial charge < -0.3 is 9.64 Å². The Bertz CT molecular complexity index is 1100. The number of rotatable bonds is 3. The highest BCUT2D eigenvalue weighted by molar-refractivity contribution is 5.71. The maximum absolute atomic E-state index is 9.25. The molecule has 0 amide bonds. The molecule has 0 aromatic heterocycles. The van der Waals surface area contributed by atoms with Gasteiger partial charge >= 0.3 is 0 Å². The van der Waals surface area contributed by atoms with E-state index in [1.54, 1.807) is 12.2 Å². The Hall–Kier alpha value is -3.24. The average molecular weight is 412 g/mol. The number of hydrogen-bond acceptors (Lipinski definition) is 4. The van der Waals surface area contributed by atoms with Gasteiger partial charge in [0.05, 0.1) is 0 Å². The van der Waals surface area contributed by atoms with Crippen LogP contribution in [0.15, 0.2) is 53.0 Å². The van der Waals surface area contributed by atoms with Crippen LogP contribution in [0.3, 0.4) is 0 Å². The Balaban J connectivity index is 1.74. The lowest BCUT2D eigenvalue weighted by Gasteiger charge is -2.45. The van der Waals surface area contributed by atoms with Crippen molar-refractivity contribution < 1.29 is 4.74 Å². The van der Waals surface area contributed by atoms with E-state index in [0.717, 1.165) is 18.8 Å². The second kappa shape index (κ2) is 8.12. The summed E-state index contributed by atoms with van der Waals surface area (Å²) in [4.78, 5) is 2.57. The van der Waals surface area contributed by atoms with Crippen molar-refractivity contribution in [1.29, 1.82) is 10.5 Å². The molecule has 1 atom stereocenters. The minimum absolute atomic E-state index is 0.106. The fourth-order valence-electron chi connectivity index (χ4n) is 4.72. The lowest BCUT2D eigenvalue weighted by atomic mass is 9.73. The summed E-state index contributed by atoms with van der Waals surface area (Å²) in [6, 6.07) is 8.60. The topological polar surface area (TPSA) is 60.0 Å². The summed E-state index contributed by atoms with van der Waals surface area (Å²) in [5, 5.41) is 18.5. The lowest BCUT2D eigenvalue weighted by molar-refractivity contribution is 0.304. The molecule has 4 heteroatoms. The summed E-state index contributed by atoms with van der Waals surface area (Å²) >= 11 is 0. The molecule has 0 fully saturated rings. The van der Waals surface area contributed by atoms with Crippen molar-refractivity contribution in [2.45, 2.75) is 58.3 Å². The van der Waals surface area contributed by atoms with Crippen molar-refractivity contribution >= 4 is 11.8 Å². The monoisotopic (exact) mass is 411 g/mol. The minimum Gasteiger partial charge on any atom is -0.462 e. The van der Waals surface area contributed by atoms with Crippen LogP contribution in [0.25, 0.3) is 6.08 Å². The molecule has 0 aliphatic carbocycles. The molecular formula is C27H29N3O. The smallest absolute Gasteiger partial charge is 0.137 e. The van der Waals surface area contributed by atoms with Crippen molar-refractivity contribution in [2.24, 2.45) is 0 Å². The van der Waals surface area contributed by atoms with Crippen molar-refractivity contribution in [3.63, 3.8) is 0 Å². The van der Waals surface area contributed by atoms with Gasteiger partial charge in [-0.05, 0) is 71.2 Å². The van der Waals surface area contributed by atoms with E-state index in [2.05, 4.69) is 43.9 Å². The van der Waals surface area contributed by atoms with Gasteiger partial charge in [-0.2, -0.15) is 10.5 Å². The van der Waals surface area contributed by atoms with Gasteiger partial charge in [-0.25, -0.2) is 0 Å². The molecule has 4 rings (SSSR count). The second-order valence-corrected chi connectivity index (χ2v) is 9.32. The predicted octanol–water partition coefficient (Wildman–Crippen LogP) is 6.25. The highest BCUT2D eigenvalue weighted by Crippen LogP contribution is 2.47. The summed E-state index contributed by atoms with van der Waals surface area (Å²) in [6.45, 7) is 11.3. The van der Waals surface area contributed by atoms with Crippen molar-refractivity contribution in [2.75, 3.05) is 18.0 Å². The lowest BCUT2D eigenvalue weighted by Crippen LogP contribution is -2.41. The molecule has 0 saturated heterocycles. The van der Waals surface area contributed by atoms with Crippen LogP contribution in [-0.2, 0) is 10.2 Å². The number of hydrogen-bond donors (Lipinski definition) is 0. The van der Waals surface area contributed by atoms with E-state index < -0.39 is 0 Å². The van der Waals surface area contributed by atoms with E-state index in [1.165, 1.54) is 35.2 Å². The van der Waals surface area contributed by atoms with E-state index in [-0.39, 0.29) is 11.0 Å². The van der Waals surface area contributed by atoms with Crippen LogP contribution < -0.4 is 4.90 Å². The van der Waals surface area contributed by atoms with E-state index in [4.69, 9.17) is 4.74 Å². The molecule has 3 aliphatic heterocycles. The van der Waals surface area contributed by atoms with Gasteiger partial charge in [0.2, 0.25) is 0 Å². The molecule has 0 spiro atoms. The quantitative estimate of drug-likeness (QED) is 0.552. The fourth-order valence-corrected chi connectivity index (χ4v) is 4.72. The van der Waals surface area contributed by atoms with Crippen LogP contribution in [0.2, 0.25) is 0 Å². The molecule has 0 saturated carbocycles. The molecular weight excluding hydrogens is 382 g/mol. The van der Waals surface area contributed by atoms with Gasteiger partial charge in [-0.1, -0.05) is 33.8 Å². The SMILES string of the molecule is CCC1=CC(=C(C#N)C#N)C=C(/C=C/c2cc3c4c(c2)C(C)(C)CCN4CC[C@H]3C)O1. The predicted molar refractivity (Wildman–Crippen MR) is 124 cm³/mol. The molecule has 158 valence electrons. The van der Waals surface area contributed by atoms with Gasteiger partial charge in [-0.15, -0.1) is 0 Å². The maximum Gasteiger partial charge on any atom is 0.137 e. The Morgan fingerprint density at radius 1 is 1.19 bits per heavy atom. The Morgan fingerprint density at radius 3 is 2.68 bits per heavy atom. The molecule has 0 bridgehead atoms. The van der Waals surface area contributed by atoms with Crippen LogP contribution in [0, 0.1) is 22.7 Å². The van der Waals surface area contributed by atoms with Gasteiger partial charge in [0.1, 0.15) is 29.2 Å². The Labute approximate surface area is 185 Å². The summed E-state index contributed by atoms with van der Waals surface area (Å²) in [7, 11) is 0. The third-order valence-corrected chi connectivity index (χ3v) is 6.74. The summed E-state index contributed by atoms with van der Waals surface area (Å²) in [5.41, 5.74) is 6.38. The van der Waals surface area contributed by atoms with E-state index in [0.29, 0.717) is 23.7 Å². The highest BCUT2D eigenvalue weighted by Gasteiger charge is 2.36. The normalized spacial score (nSPS) is 21.4. The summed E-state index contributed by atoms with van der Waals surface area (Å²) in [6.07, 6.45) is 10.6. The molecule has 1 aromatic rings. The van der Waals surface area contributed by atoms with Crippen LogP contribution in [0.1, 0.15) is 69.6 Å². The first kappa shape index (κ1) is 21.0. The standard InChI is InChI=1S/C27H29N3O/c1-5-22-14-20(21(16-28)17-29)15-23(31-22)7-6-19-12-24-18(2)8-10-30-11-9-27(3,4)25(13-19)26(24)30/h6-7,12-15,18H,5,8-11H2,1-4H3/b7-6+/t18-/m1/s1. The first-order valence-electron chi connectivity index (χ1n) is 11.1. The van der Waals surface area contributed by atoms with E-state index in [9.17, 15) is 10.5 Å². The maximum atomic E-state index is 9.25. The van der Waals surface area contributed by atoms with Gasteiger partial charge in [-0.3, -0.25) is 0 Å². The Kier molecular flexibility index (Phi) is 5.50. The Morgan fingerprint density at radius 2 is 1.97 bits per heavy atom. The first-order chi connectivity index (χ1) is 14.9. The van der Waals surface area contributed by atoms with Crippen molar-refractivity contribution in [3.05, 3.63) is 69.7 Å². The molecule has 4 nitrogen and oxygen atoms in total. The molecule has 1 aromatic carbocycles. The third kappa shape index (κ3) is 3.91. The average Bonchev–Trinajstić information content (AvgIpc) is 2.77. The number of nitriles is 2. The largest absolute Gasteiger partial charge is 0.462 e. The number of ether oxygens (including phenoxy) is 1. The van der Waals surface area contributed by atoms with Crippen LogP contribution in [-0.4, -0.2) is 13.1 Å².